The molecule has 4 heterocycles. The molecule has 0 aliphatic rings. The number of benzene rings is 13. The summed E-state index contributed by atoms with van der Waals surface area (Å²) in [6.07, 6.45) is 0. The van der Waals surface area contributed by atoms with Gasteiger partial charge in [-0.3, -0.25) is 9.13 Å². The molecule has 0 saturated carbocycles. The maximum absolute atomic E-state index is 5.87. The summed E-state index contributed by atoms with van der Waals surface area (Å²) in [7, 11) is 0. The number of fused-ring (bicyclic) bond motifs is 20. The van der Waals surface area contributed by atoms with E-state index >= 15 is 0 Å². The summed E-state index contributed by atoms with van der Waals surface area (Å²) in [5, 5.41) is 18.0. The van der Waals surface area contributed by atoms with Crippen LogP contribution in [0.15, 0.2) is 243 Å². The van der Waals surface area contributed by atoms with Crippen molar-refractivity contribution in [1.82, 2.24) is 29.1 Å². The molecule has 76 heavy (non-hydrogen) atoms. The lowest BCUT2D eigenvalue weighted by molar-refractivity contribution is 1.08. The molecule has 0 radical (unpaired) electrons. The summed E-state index contributed by atoms with van der Waals surface area (Å²) in [4.78, 5) is 23.3. The Bertz CT molecular complexity index is 5040. The zero-order valence-electron chi connectivity index (χ0n) is 40.8. The van der Waals surface area contributed by atoms with Gasteiger partial charge in [0, 0.05) is 54.2 Å². The monoisotopic (exact) mass is 964 g/mol. The highest BCUT2D eigenvalue weighted by molar-refractivity contribution is 6.26. The van der Waals surface area contributed by atoms with Crippen LogP contribution in [0.25, 0.3) is 164 Å². The van der Waals surface area contributed by atoms with Crippen molar-refractivity contribution in [3.8, 4) is 34.2 Å². The van der Waals surface area contributed by atoms with Gasteiger partial charge in [0.1, 0.15) is 11.4 Å². The van der Waals surface area contributed by atoms with E-state index in [-0.39, 0.29) is 0 Å². The van der Waals surface area contributed by atoms with Gasteiger partial charge in [0.2, 0.25) is 0 Å². The van der Waals surface area contributed by atoms with E-state index in [1.165, 1.54) is 10.8 Å². The first-order valence-corrected chi connectivity index (χ1v) is 25.9. The second kappa shape index (κ2) is 15.6. The van der Waals surface area contributed by atoms with E-state index in [0.29, 0.717) is 0 Å². The molecule has 6 heteroatoms. The van der Waals surface area contributed by atoms with Crippen LogP contribution < -0.4 is 0 Å². The van der Waals surface area contributed by atoms with Crippen molar-refractivity contribution in [2.45, 2.75) is 0 Å². The highest BCUT2D eigenvalue weighted by Crippen LogP contribution is 2.45. The molecule has 0 bridgehead atoms. The van der Waals surface area contributed by atoms with Crippen LogP contribution in [0.2, 0.25) is 0 Å². The predicted molar refractivity (Wildman–Crippen MR) is 317 cm³/mol. The van der Waals surface area contributed by atoms with Gasteiger partial charge in [-0.1, -0.05) is 206 Å². The molecule has 0 atom stereocenters. The van der Waals surface area contributed by atoms with E-state index in [9.17, 15) is 0 Å². The van der Waals surface area contributed by atoms with Gasteiger partial charge in [0.25, 0.3) is 0 Å². The van der Waals surface area contributed by atoms with Gasteiger partial charge in [0.15, 0.2) is 11.6 Å². The molecule has 0 saturated heterocycles. The quantitative estimate of drug-likeness (QED) is 0.165. The number of aromatic nitrogens is 6. The number of para-hydroxylation sites is 2. The van der Waals surface area contributed by atoms with Crippen molar-refractivity contribution in [3.05, 3.63) is 243 Å². The van der Waals surface area contributed by atoms with Gasteiger partial charge in [-0.2, -0.15) is 0 Å². The van der Waals surface area contributed by atoms with Gasteiger partial charge < -0.3 is 0 Å². The minimum absolute atomic E-state index is 0.774. The van der Waals surface area contributed by atoms with Gasteiger partial charge in [-0.15, -0.1) is 0 Å². The summed E-state index contributed by atoms with van der Waals surface area (Å²) in [5.41, 5.74) is 11.3. The van der Waals surface area contributed by atoms with Gasteiger partial charge in [-0.05, 0) is 79.5 Å². The highest BCUT2D eigenvalue weighted by atomic mass is 15.1. The fourth-order valence-electron chi connectivity index (χ4n) is 12.6. The molecule has 0 N–H and O–H groups in total. The molecule has 13 aromatic carbocycles. The molecule has 0 aliphatic heterocycles. The van der Waals surface area contributed by atoms with Crippen LogP contribution in [0.4, 0.5) is 0 Å². The molecule has 0 amide bonds. The fourth-order valence-corrected chi connectivity index (χ4v) is 12.6. The summed E-state index contributed by atoms with van der Waals surface area (Å²) in [5.74, 6) is 1.55. The smallest absolute Gasteiger partial charge is 0.165 e. The third-order valence-electron chi connectivity index (χ3n) is 16.0. The Balaban J connectivity index is 1.01. The summed E-state index contributed by atoms with van der Waals surface area (Å²) in [6.45, 7) is 0. The number of rotatable bonds is 4. The van der Waals surface area contributed by atoms with Crippen molar-refractivity contribution in [2.24, 2.45) is 0 Å². The van der Waals surface area contributed by atoms with E-state index < -0.39 is 0 Å². The first-order valence-electron chi connectivity index (χ1n) is 25.9. The maximum atomic E-state index is 5.87. The molecular formula is C70H40N6. The Labute approximate surface area is 434 Å². The Hall–Kier alpha value is -10.3. The van der Waals surface area contributed by atoms with E-state index in [1.54, 1.807) is 0 Å². The second-order valence-corrected chi connectivity index (χ2v) is 20.1. The average Bonchev–Trinajstić information content (AvgIpc) is 4.06. The van der Waals surface area contributed by atoms with Crippen molar-refractivity contribution in [1.29, 1.82) is 0 Å². The zero-order chi connectivity index (χ0) is 49.6. The lowest BCUT2D eigenvalue weighted by Crippen LogP contribution is -2.05. The third kappa shape index (κ3) is 5.80. The Morgan fingerprint density at radius 2 is 0.513 bits per heavy atom. The lowest BCUT2D eigenvalue weighted by Gasteiger charge is -2.17. The number of nitrogens with zero attached hydrogens (tertiary/aromatic N) is 6. The van der Waals surface area contributed by atoms with Crippen LogP contribution in [0, 0.1) is 0 Å². The molecular weight excluding hydrogens is 925 g/mol. The maximum Gasteiger partial charge on any atom is 0.165 e. The van der Waals surface area contributed by atoms with E-state index in [2.05, 4.69) is 252 Å². The summed E-state index contributed by atoms with van der Waals surface area (Å²) in [6, 6.07) is 87.1. The fraction of sp³-hybridized carbons (Fsp3) is 0. The van der Waals surface area contributed by atoms with Crippen LogP contribution in [0.3, 0.4) is 0 Å². The summed E-state index contributed by atoms with van der Waals surface area (Å²) >= 11 is 0. The molecule has 0 aliphatic carbocycles. The SMILES string of the molecule is c1ccc2cc(-c3nc4c5ccccc5c5ccccc5c4nc3-n3c4ccccc4c4cc5c(cc43)c3ccccc3n5-c3nc4c5ccccc5c5ccccc5c4nc3-c3ccc4ccccc4c3)ccc2c1. The van der Waals surface area contributed by atoms with Crippen LogP contribution in [0.5, 0.6) is 0 Å². The Kier molecular flexibility index (Phi) is 8.46. The third-order valence-corrected chi connectivity index (χ3v) is 16.0. The van der Waals surface area contributed by atoms with Crippen LogP contribution >= 0.6 is 0 Å². The van der Waals surface area contributed by atoms with Gasteiger partial charge >= 0.3 is 0 Å². The lowest BCUT2D eigenvalue weighted by atomic mass is 9.99. The Morgan fingerprint density at radius 3 is 0.895 bits per heavy atom. The molecule has 350 valence electrons. The van der Waals surface area contributed by atoms with Crippen LogP contribution in [-0.4, -0.2) is 29.1 Å². The topological polar surface area (TPSA) is 61.4 Å². The average molecular weight is 965 g/mol. The summed E-state index contributed by atoms with van der Waals surface area (Å²) < 4.78 is 4.73. The highest BCUT2D eigenvalue weighted by Gasteiger charge is 2.26. The van der Waals surface area contributed by atoms with Crippen molar-refractivity contribution in [2.75, 3.05) is 0 Å². The minimum Gasteiger partial charge on any atom is -0.292 e. The molecule has 17 aromatic rings. The van der Waals surface area contributed by atoms with Crippen molar-refractivity contribution < 1.29 is 0 Å². The molecule has 0 unspecified atom stereocenters. The van der Waals surface area contributed by atoms with Crippen molar-refractivity contribution >= 4 is 130 Å². The first kappa shape index (κ1) is 41.2. The van der Waals surface area contributed by atoms with Crippen LogP contribution in [-0.2, 0) is 0 Å². The Morgan fingerprint density at radius 1 is 0.211 bits per heavy atom. The van der Waals surface area contributed by atoms with E-state index in [0.717, 1.165) is 154 Å². The first-order chi connectivity index (χ1) is 37.7. The molecule has 6 nitrogen and oxygen atoms in total. The van der Waals surface area contributed by atoms with Gasteiger partial charge in [0.05, 0.1) is 44.1 Å². The van der Waals surface area contributed by atoms with E-state index in [4.69, 9.17) is 19.9 Å². The zero-order valence-corrected chi connectivity index (χ0v) is 40.8. The second-order valence-electron chi connectivity index (χ2n) is 20.1. The molecule has 0 fully saturated rings. The molecule has 0 spiro atoms. The standard InChI is InChI=1S/C70H40N6/c1-3-19-43-37-45(35-33-41(43)17-1)63-69(73-67-55-29-11-7-23-49(55)47-21-5-9-27-53(47)65(67)71-63)75-59-31-15-13-25-51(59)57-40-62-58(39-61(57)75)52-26-14-16-32-60(52)76(62)70-64(46-36-34-42-18-2-4-20-44(42)38-46)72-66-54-28-10-6-22-48(54)50-24-8-12-30-56(50)68(66)74-70/h1-40H. The van der Waals surface area contributed by atoms with Crippen LogP contribution in [0.1, 0.15) is 0 Å². The molecule has 17 rings (SSSR count). The van der Waals surface area contributed by atoms with Gasteiger partial charge in [-0.25, -0.2) is 19.9 Å². The normalized spacial score (nSPS) is 12.2. The molecule has 4 aromatic heterocycles. The number of hydrogen-bond donors (Lipinski definition) is 0. The van der Waals surface area contributed by atoms with Crippen molar-refractivity contribution in [3.63, 3.8) is 0 Å². The largest absolute Gasteiger partial charge is 0.292 e. The minimum atomic E-state index is 0.774. The predicted octanol–water partition coefficient (Wildman–Crippen LogP) is 18.0. The van der Waals surface area contributed by atoms with E-state index in [1.807, 2.05) is 0 Å². The number of hydrogen-bond acceptors (Lipinski definition) is 4.